The van der Waals surface area contributed by atoms with Gasteiger partial charge in [0, 0.05) is 12.4 Å². The topological polar surface area (TPSA) is 120 Å². The van der Waals surface area contributed by atoms with E-state index in [1.807, 2.05) is 42.6 Å². The minimum Gasteiger partial charge on any atom is -0.497 e. The maximum absolute atomic E-state index is 5.25. The first-order valence-corrected chi connectivity index (χ1v) is 10.0. The Kier molecular flexibility index (Phi) is 4.10. The molecule has 0 saturated carbocycles. The highest BCUT2D eigenvalue weighted by atomic mass is 16.5. The molecule has 0 fully saturated rings. The van der Waals surface area contributed by atoms with E-state index in [9.17, 15) is 0 Å². The van der Waals surface area contributed by atoms with Crippen LogP contribution in [-0.2, 0) is 0 Å². The zero-order chi connectivity index (χ0) is 21.5. The Hall–Kier alpha value is -4.66. The number of hydrogen-bond donors (Lipinski definition) is 4. The van der Waals surface area contributed by atoms with E-state index in [4.69, 9.17) is 9.72 Å². The quantitative estimate of drug-likeness (QED) is 0.321. The molecule has 0 atom stereocenters. The molecule has 6 rings (SSSR count). The van der Waals surface area contributed by atoms with Crippen molar-refractivity contribution in [3.8, 4) is 28.4 Å². The first kappa shape index (κ1) is 18.1. The first-order valence-electron chi connectivity index (χ1n) is 10.0. The van der Waals surface area contributed by atoms with Gasteiger partial charge in [0.05, 0.1) is 29.2 Å². The summed E-state index contributed by atoms with van der Waals surface area (Å²) in [6.07, 6.45) is 5.13. The van der Waals surface area contributed by atoms with Gasteiger partial charge in [-0.2, -0.15) is 5.10 Å². The minimum absolute atomic E-state index is 0.662. The molecule has 6 aromatic rings. The molecule has 0 spiro atoms. The lowest BCUT2D eigenvalue weighted by molar-refractivity contribution is 0.415. The van der Waals surface area contributed by atoms with Gasteiger partial charge in [0.25, 0.3) is 0 Å². The van der Waals surface area contributed by atoms with Crippen molar-refractivity contribution in [3.05, 3.63) is 67.3 Å². The second kappa shape index (κ2) is 7.24. The van der Waals surface area contributed by atoms with E-state index < -0.39 is 0 Å². The molecule has 156 valence electrons. The Labute approximate surface area is 181 Å². The summed E-state index contributed by atoms with van der Waals surface area (Å²) in [5.41, 5.74) is 6.19. The minimum atomic E-state index is 0.662. The molecule has 0 saturated heterocycles. The maximum Gasteiger partial charge on any atom is 0.161 e. The highest BCUT2D eigenvalue weighted by Gasteiger charge is 2.15. The fourth-order valence-corrected chi connectivity index (χ4v) is 3.75. The summed E-state index contributed by atoms with van der Waals surface area (Å²) in [6.45, 7) is 0. The molecule has 4 aromatic heterocycles. The Bertz CT molecular complexity index is 1540. The number of aromatic amines is 3. The number of benzene rings is 2. The average Bonchev–Trinajstić information content (AvgIpc) is 3.58. The second-order valence-electron chi connectivity index (χ2n) is 7.28. The van der Waals surface area contributed by atoms with Crippen LogP contribution in [0.1, 0.15) is 0 Å². The van der Waals surface area contributed by atoms with Crippen LogP contribution in [0.2, 0.25) is 0 Å². The molecule has 9 heteroatoms. The van der Waals surface area contributed by atoms with Gasteiger partial charge in [-0.25, -0.2) is 15.0 Å². The van der Waals surface area contributed by atoms with Crippen LogP contribution in [-0.4, -0.2) is 42.2 Å². The number of anilines is 2. The molecule has 0 radical (unpaired) electrons. The van der Waals surface area contributed by atoms with Crippen molar-refractivity contribution < 1.29 is 4.74 Å². The smallest absolute Gasteiger partial charge is 0.161 e. The summed E-state index contributed by atoms with van der Waals surface area (Å²) in [7, 11) is 1.66. The molecular weight excluding hydrogens is 404 g/mol. The van der Waals surface area contributed by atoms with Gasteiger partial charge in [-0.15, -0.1) is 0 Å². The standard InChI is InChI=1S/C23H18N8O/c1-32-15-5-2-13(3-6-15)14-4-7-17-18(10-14)29-23(28-17)20-19(11-27-31-20)30-22-16-8-9-24-21(16)25-12-26-22/h2-12H,1H3,(H,27,31)(H,28,29)(H2,24,25,26,30). The third kappa shape index (κ3) is 3.03. The van der Waals surface area contributed by atoms with E-state index in [2.05, 4.69) is 47.6 Å². The predicted molar refractivity (Wildman–Crippen MR) is 123 cm³/mol. The van der Waals surface area contributed by atoms with Crippen molar-refractivity contribution in [1.82, 2.24) is 35.1 Å². The Morgan fingerprint density at radius 1 is 0.969 bits per heavy atom. The fourth-order valence-electron chi connectivity index (χ4n) is 3.75. The van der Waals surface area contributed by atoms with Gasteiger partial charge in [-0.1, -0.05) is 18.2 Å². The number of methoxy groups -OCH3 is 1. The number of rotatable bonds is 5. The van der Waals surface area contributed by atoms with Crippen molar-refractivity contribution >= 4 is 33.6 Å². The van der Waals surface area contributed by atoms with Gasteiger partial charge in [0.1, 0.15) is 23.5 Å². The van der Waals surface area contributed by atoms with Crippen LogP contribution < -0.4 is 10.1 Å². The molecular formula is C23H18N8O. The van der Waals surface area contributed by atoms with Gasteiger partial charge >= 0.3 is 0 Å². The van der Waals surface area contributed by atoms with E-state index >= 15 is 0 Å². The number of nitrogens with zero attached hydrogens (tertiary/aromatic N) is 4. The third-order valence-electron chi connectivity index (χ3n) is 5.38. The van der Waals surface area contributed by atoms with E-state index in [-0.39, 0.29) is 0 Å². The highest BCUT2D eigenvalue weighted by Crippen LogP contribution is 2.31. The Balaban J connectivity index is 1.35. The molecule has 0 amide bonds. The van der Waals surface area contributed by atoms with Crippen molar-refractivity contribution in [2.24, 2.45) is 0 Å². The molecule has 9 nitrogen and oxygen atoms in total. The summed E-state index contributed by atoms with van der Waals surface area (Å²) in [6, 6.07) is 16.1. The number of imidazole rings is 1. The summed E-state index contributed by atoms with van der Waals surface area (Å²) < 4.78 is 5.25. The highest BCUT2D eigenvalue weighted by molar-refractivity contribution is 5.91. The number of nitrogens with one attached hydrogen (secondary N) is 4. The lowest BCUT2D eigenvalue weighted by Crippen LogP contribution is -1.96. The van der Waals surface area contributed by atoms with E-state index in [1.54, 1.807) is 13.3 Å². The molecule has 2 aromatic carbocycles. The molecule has 0 aliphatic rings. The number of hydrogen-bond acceptors (Lipinski definition) is 6. The van der Waals surface area contributed by atoms with Crippen LogP contribution in [0, 0.1) is 0 Å². The lowest BCUT2D eigenvalue weighted by Gasteiger charge is -2.05. The Morgan fingerprint density at radius 2 is 1.84 bits per heavy atom. The van der Waals surface area contributed by atoms with Crippen LogP contribution in [0.5, 0.6) is 5.75 Å². The van der Waals surface area contributed by atoms with Gasteiger partial charge in [-0.3, -0.25) is 5.10 Å². The number of ether oxygens (including phenoxy) is 1. The summed E-state index contributed by atoms with van der Waals surface area (Å²) >= 11 is 0. The monoisotopic (exact) mass is 422 g/mol. The molecule has 0 bridgehead atoms. The van der Waals surface area contributed by atoms with Gasteiger partial charge in [0.15, 0.2) is 11.5 Å². The SMILES string of the molecule is COc1ccc(-c2ccc3nc(-c4n[nH]cc4Nc4ncnc5[nH]ccc45)[nH]c3c2)cc1. The zero-order valence-corrected chi connectivity index (χ0v) is 17.0. The van der Waals surface area contributed by atoms with Crippen LogP contribution in [0.3, 0.4) is 0 Å². The average molecular weight is 422 g/mol. The largest absolute Gasteiger partial charge is 0.497 e. The summed E-state index contributed by atoms with van der Waals surface area (Å²) in [5.74, 6) is 2.18. The van der Waals surface area contributed by atoms with Gasteiger partial charge in [-0.05, 0) is 41.5 Å². The van der Waals surface area contributed by atoms with Crippen molar-refractivity contribution in [1.29, 1.82) is 0 Å². The van der Waals surface area contributed by atoms with Crippen LogP contribution in [0.4, 0.5) is 11.5 Å². The van der Waals surface area contributed by atoms with Crippen molar-refractivity contribution in [3.63, 3.8) is 0 Å². The maximum atomic E-state index is 5.25. The van der Waals surface area contributed by atoms with Gasteiger partial charge in [0.2, 0.25) is 0 Å². The number of H-pyrrole nitrogens is 3. The number of fused-ring (bicyclic) bond motifs is 2. The first-order chi connectivity index (χ1) is 15.8. The fraction of sp³-hybridized carbons (Fsp3) is 0.0435. The van der Waals surface area contributed by atoms with Crippen molar-refractivity contribution in [2.45, 2.75) is 0 Å². The third-order valence-corrected chi connectivity index (χ3v) is 5.38. The molecule has 0 unspecified atom stereocenters. The zero-order valence-electron chi connectivity index (χ0n) is 17.0. The van der Waals surface area contributed by atoms with E-state index in [0.717, 1.165) is 44.6 Å². The van der Waals surface area contributed by atoms with Crippen LogP contribution in [0.25, 0.3) is 44.7 Å². The van der Waals surface area contributed by atoms with Crippen molar-refractivity contribution in [2.75, 3.05) is 12.4 Å². The van der Waals surface area contributed by atoms with E-state index in [0.29, 0.717) is 17.3 Å². The second-order valence-corrected chi connectivity index (χ2v) is 7.28. The molecule has 0 aliphatic carbocycles. The lowest BCUT2D eigenvalue weighted by atomic mass is 10.1. The predicted octanol–water partition coefficient (Wildman–Crippen LogP) is 4.64. The molecule has 32 heavy (non-hydrogen) atoms. The normalized spacial score (nSPS) is 11.3. The molecule has 4 heterocycles. The Morgan fingerprint density at radius 3 is 2.72 bits per heavy atom. The molecule has 0 aliphatic heterocycles. The summed E-state index contributed by atoms with van der Waals surface area (Å²) in [5, 5.41) is 11.5. The van der Waals surface area contributed by atoms with Crippen LogP contribution >= 0.6 is 0 Å². The number of aromatic nitrogens is 7. The molecule has 4 N–H and O–H groups in total. The van der Waals surface area contributed by atoms with Crippen LogP contribution in [0.15, 0.2) is 67.3 Å². The van der Waals surface area contributed by atoms with E-state index in [1.165, 1.54) is 6.33 Å². The summed E-state index contributed by atoms with van der Waals surface area (Å²) in [4.78, 5) is 19.8. The van der Waals surface area contributed by atoms with Gasteiger partial charge < -0.3 is 20.0 Å².